The summed E-state index contributed by atoms with van der Waals surface area (Å²) in [5.41, 5.74) is 0. The van der Waals surface area contributed by atoms with Gasteiger partial charge in [0.1, 0.15) is 0 Å². The van der Waals surface area contributed by atoms with Crippen LogP contribution in [0.3, 0.4) is 0 Å². The molecule has 0 aliphatic rings. The van der Waals surface area contributed by atoms with Crippen LogP contribution in [0.2, 0.25) is 0 Å². The van der Waals surface area contributed by atoms with E-state index in [4.69, 9.17) is 0 Å². The van der Waals surface area contributed by atoms with Crippen LogP contribution in [-0.2, 0) is 12.8 Å². The Labute approximate surface area is 280 Å². The van der Waals surface area contributed by atoms with Crippen LogP contribution in [0.5, 0.6) is 0 Å². The van der Waals surface area contributed by atoms with E-state index in [1.165, 1.54) is 115 Å². The molecule has 6 aromatic rings. The molecule has 0 spiro atoms. The average Bonchev–Trinajstić information content (AvgIpc) is 3.86. The van der Waals surface area contributed by atoms with Gasteiger partial charge >= 0.3 is 0 Å². The smallest absolute Gasteiger partial charge is 0.0534 e. The number of benzene rings is 2. The molecule has 0 aliphatic heterocycles. The summed E-state index contributed by atoms with van der Waals surface area (Å²) in [6.45, 7) is 9.34. The highest BCUT2D eigenvalue weighted by atomic mass is 32.1. The van der Waals surface area contributed by atoms with Crippen LogP contribution in [0.25, 0.3) is 50.8 Å². The molecule has 0 N–H and O–H groups in total. The van der Waals surface area contributed by atoms with Crippen molar-refractivity contribution in [3.63, 3.8) is 0 Å². The molecule has 230 valence electrons. The first-order chi connectivity index (χ1) is 21.6. The molecule has 0 bridgehead atoms. The molecule has 2 aromatic carbocycles. The fourth-order valence-corrected chi connectivity index (χ4v) is 11.8. The third-order valence-electron chi connectivity index (χ3n) is 9.28. The Hall–Kier alpha value is -2.24. The van der Waals surface area contributed by atoms with Crippen LogP contribution in [-0.4, -0.2) is 0 Å². The highest BCUT2D eigenvalue weighted by molar-refractivity contribution is 7.30. The number of hydrogen-bond acceptors (Lipinski definition) is 4. The van der Waals surface area contributed by atoms with Crippen LogP contribution in [0.15, 0.2) is 72.8 Å². The van der Waals surface area contributed by atoms with Gasteiger partial charge in [-0.05, 0) is 48.9 Å². The minimum atomic E-state index is 0.801. The minimum Gasteiger partial charge on any atom is -0.139 e. The number of unbranched alkanes of at least 4 members (excludes halogenated alkanes) is 2. The first-order valence-corrected chi connectivity index (χ1v) is 20.1. The maximum atomic E-state index is 2.40. The number of hydrogen-bond donors (Lipinski definition) is 0. The average molecular weight is 655 g/mol. The highest BCUT2D eigenvalue weighted by Crippen LogP contribution is 2.52. The summed E-state index contributed by atoms with van der Waals surface area (Å²) in [6.07, 6.45) is 13.0. The van der Waals surface area contributed by atoms with Gasteiger partial charge in [0.25, 0.3) is 0 Å². The van der Waals surface area contributed by atoms with Crippen LogP contribution >= 0.6 is 45.3 Å². The largest absolute Gasteiger partial charge is 0.139 e. The summed E-state index contributed by atoms with van der Waals surface area (Å²) in [4.78, 5) is 11.7. The predicted octanol–water partition coefficient (Wildman–Crippen LogP) is 14.8. The molecule has 0 radical (unpaired) electrons. The third kappa shape index (κ3) is 6.79. The van der Waals surface area contributed by atoms with Crippen LogP contribution in [0.1, 0.15) is 88.8 Å². The molecule has 2 unspecified atom stereocenters. The van der Waals surface area contributed by atoms with Crippen molar-refractivity contribution in [1.82, 2.24) is 0 Å². The van der Waals surface area contributed by atoms with E-state index in [2.05, 4.69) is 100 Å². The third-order valence-corrected chi connectivity index (χ3v) is 14.5. The van der Waals surface area contributed by atoms with Crippen LogP contribution in [0.4, 0.5) is 0 Å². The Morgan fingerprint density at radius 3 is 1.20 bits per heavy atom. The molecule has 4 heteroatoms. The van der Waals surface area contributed by atoms with E-state index < -0.39 is 0 Å². The van der Waals surface area contributed by atoms with E-state index >= 15 is 0 Å². The molecule has 0 fully saturated rings. The molecule has 6 rings (SSSR count). The molecular weight excluding hydrogens is 609 g/mol. The fraction of sp³-hybridized carbons (Fsp3) is 0.400. The molecule has 44 heavy (non-hydrogen) atoms. The van der Waals surface area contributed by atoms with Gasteiger partial charge in [0.15, 0.2) is 0 Å². The molecule has 0 saturated heterocycles. The van der Waals surface area contributed by atoms with E-state index in [1.807, 2.05) is 45.3 Å². The molecule has 2 atom stereocenters. The second-order valence-corrected chi connectivity index (χ2v) is 16.8. The summed E-state index contributed by atoms with van der Waals surface area (Å²) >= 11 is 8.05. The first kappa shape index (κ1) is 31.7. The van der Waals surface area contributed by atoms with Gasteiger partial charge in [0, 0.05) is 41.1 Å². The van der Waals surface area contributed by atoms with E-state index in [0.29, 0.717) is 0 Å². The van der Waals surface area contributed by atoms with E-state index in [9.17, 15) is 0 Å². The maximum Gasteiger partial charge on any atom is 0.0534 e. The maximum absolute atomic E-state index is 2.40. The number of fused-ring (bicyclic) bond motifs is 2. The first-order valence-electron chi connectivity index (χ1n) is 16.8. The van der Waals surface area contributed by atoms with Crippen molar-refractivity contribution in [2.24, 2.45) is 11.8 Å². The van der Waals surface area contributed by atoms with Gasteiger partial charge in [-0.2, -0.15) is 0 Å². The Balaban J connectivity index is 1.36. The van der Waals surface area contributed by atoms with Gasteiger partial charge in [-0.1, -0.05) is 128 Å². The Morgan fingerprint density at radius 1 is 0.455 bits per heavy atom. The summed E-state index contributed by atoms with van der Waals surface area (Å²) < 4.78 is 0. The van der Waals surface area contributed by atoms with Crippen molar-refractivity contribution in [3.8, 4) is 29.3 Å². The molecule has 0 nitrogen and oxygen atoms in total. The normalized spacial score (nSPS) is 13.3. The van der Waals surface area contributed by atoms with Gasteiger partial charge in [0.2, 0.25) is 0 Å². The second-order valence-electron chi connectivity index (χ2n) is 12.4. The number of rotatable bonds is 15. The molecule has 0 amide bonds. The lowest BCUT2D eigenvalue weighted by molar-refractivity contribution is 0.452. The molecule has 0 aliphatic carbocycles. The van der Waals surface area contributed by atoms with E-state index in [0.717, 1.165) is 11.8 Å². The Bertz CT molecular complexity index is 1660. The monoisotopic (exact) mass is 654 g/mol. The van der Waals surface area contributed by atoms with Crippen molar-refractivity contribution < 1.29 is 0 Å². The quantitative estimate of drug-likeness (QED) is 0.103. The Kier molecular flexibility index (Phi) is 10.7. The summed E-state index contributed by atoms with van der Waals surface area (Å²) in [5, 5.41) is 5.58. The zero-order valence-electron chi connectivity index (χ0n) is 26.8. The Morgan fingerprint density at radius 2 is 0.841 bits per heavy atom. The molecule has 0 saturated carbocycles. The fourth-order valence-electron chi connectivity index (χ4n) is 6.56. The van der Waals surface area contributed by atoms with Crippen molar-refractivity contribution in [2.75, 3.05) is 0 Å². The summed E-state index contributed by atoms with van der Waals surface area (Å²) in [6, 6.07) is 27.8. The lowest BCUT2D eigenvalue weighted by atomic mass is 9.95. The van der Waals surface area contributed by atoms with Crippen molar-refractivity contribution in [3.05, 3.63) is 82.6 Å². The van der Waals surface area contributed by atoms with E-state index in [-0.39, 0.29) is 0 Å². The highest BCUT2D eigenvalue weighted by Gasteiger charge is 2.22. The molecule has 4 heterocycles. The summed E-state index contributed by atoms with van der Waals surface area (Å²) in [7, 11) is 0. The lowest BCUT2D eigenvalue weighted by Crippen LogP contribution is -2.01. The zero-order chi connectivity index (χ0) is 30.5. The van der Waals surface area contributed by atoms with Gasteiger partial charge in [-0.3, -0.25) is 0 Å². The number of thiophene rings is 4. The van der Waals surface area contributed by atoms with Crippen LogP contribution < -0.4 is 0 Å². The van der Waals surface area contributed by atoms with Crippen molar-refractivity contribution in [1.29, 1.82) is 0 Å². The SMILES string of the molecule is CCCCC(CC)Cc1ccc(-c2sc(-c3sc(-c4ccc(CC(CC)CCCC)s4)c4ccccc34)c3ccccc23)s1. The topological polar surface area (TPSA) is 0 Å². The second kappa shape index (κ2) is 14.9. The van der Waals surface area contributed by atoms with Crippen molar-refractivity contribution >= 4 is 66.9 Å². The zero-order valence-corrected chi connectivity index (χ0v) is 30.1. The van der Waals surface area contributed by atoms with Gasteiger partial charge in [-0.25, -0.2) is 0 Å². The summed E-state index contributed by atoms with van der Waals surface area (Å²) in [5.74, 6) is 1.60. The minimum absolute atomic E-state index is 0.801. The van der Waals surface area contributed by atoms with E-state index in [1.54, 1.807) is 9.75 Å². The standard InChI is InChI=1S/C40H46S4/c1-5-9-15-27(7-3)25-29-21-23-35(41-29)37-31-17-11-13-19-33(31)39(43-37)40-34-20-14-12-18-32(34)38(44-40)36-24-22-30(42-36)26-28(8-4)16-10-6-2/h11-14,17-24,27-28H,5-10,15-16,25-26H2,1-4H3. The molecular formula is C40H46S4. The van der Waals surface area contributed by atoms with Gasteiger partial charge in [-0.15, -0.1) is 45.3 Å². The van der Waals surface area contributed by atoms with Gasteiger partial charge in [0.05, 0.1) is 19.5 Å². The molecule has 4 aromatic heterocycles. The van der Waals surface area contributed by atoms with Gasteiger partial charge < -0.3 is 0 Å². The predicted molar refractivity (Wildman–Crippen MR) is 203 cm³/mol. The van der Waals surface area contributed by atoms with Crippen molar-refractivity contribution in [2.45, 2.75) is 91.9 Å². The lowest BCUT2D eigenvalue weighted by Gasteiger charge is -2.12. The van der Waals surface area contributed by atoms with Crippen LogP contribution in [0, 0.1) is 11.8 Å².